The van der Waals surface area contributed by atoms with E-state index >= 15 is 0 Å². The molecule has 0 saturated carbocycles. The zero-order valence-corrected chi connectivity index (χ0v) is 18.8. The Labute approximate surface area is 187 Å². The second-order valence-corrected chi connectivity index (χ2v) is 9.58. The normalized spacial score (nSPS) is 16.0. The number of amides is 1. The van der Waals surface area contributed by atoms with Crippen LogP contribution in [0.5, 0.6) is 0 Å². The average molecular weight is 453 g/mol. The van der Waals surface area contributed by atoms with Gasteiger partial charge >= 0.3 is 5.91 Å². The SMILES string of the molecule is CN(C)c1ccc([C@H]2CC(c3cccc(NS(C)(=O)=O)c3)=NN2C(=O)c2ccco2)cc1. The molecule has 0 fully saturated rings. The molecule has 3 aromatic rings. The fourth-order valence-corrected chi connectivity index (χ4v) is 4.17. The molecule has 1 aliphatic heterocycles. The second kappa shape index (κ2) is 8.51. The number of nitrogens with one attached hydrogen (secondary N) is 1. The van der Waals surface area contributed by atoms with Crippen molar-refractivity contribution in [2.24, 2.45) is 5.10 Å². The van der Waals surface area contributed by atoms with Gasteiger partial charge in [0.1, 0.15) is 0 Å². The van der Waals surface area contributed by atoms with E-state index in [1.165, 1.54) is 11.3 Å². The Bertz CT molecular complexity index is 1250. The van der Waals surface area contributed by atoms with Crippen LogP contribution in [-0.2, 0) is 10.0 Å². The predicted octanol–water partition coefficient (Wildman–Crippen LogP) is 3.71. The Morgan fingerprint density at radius 3 is 2.50 bits per heavy atom. The molecular weight excluding hydrogens is 428 g/mol. The first kappa shape index (κ1) is 21.6. The Balaban J connectivity index is 1.69. The van der Waals surface area contributed by atoms with Crippen molar-refractivity contribution in [1.29, 1.82) is 0 Å². The molecule has 1 amide bonds. The van der Waals surface area contributed by atoms with Gasteiger partial charge in [-0.05, 0) is 47.5 Å². The van der Waals surface area contributed by atoms with E-state index in [4.69, 9.17) is 4.42 Å². The van der Waals surface area contributed by atoms with Gasteiger partial charge in [0, 0.05) is 31.9 Å². The van der Waals surface area contributed by atoms with Crippen LogP contribution < -0.4 is 9.62 Å². The maximum absolute atomic E-state index is 13.1. The minimum atomic E-state index is -3.41. The highest BCUT2D eigenvalue weighted by atomic mass is 32.2. The molecule has 4 rings (SSSR count). The van der Waals surface area contributed by atoms with Crippen LogP contribution in [0.4, 0.5) is 11.4 Å². The van der Waals surface area contributed by atoms with Gasteiger partial charge in [-0.3, -0.25) is 9.52 Å². The smallest absolute Gasteiger partial charge is 0.310 e. The predicted molar refractivity (Wildman–Crippen MR) is 124 cm³/mol. The van der Waals surface area contributed by atoms with Crippen molar-refractivity contribution in [3.63, 3.8) is 0 Å². The van der Waals surface area contributed by atoms with E-state index in [0.717, 1.165) is 23.1 Å². The summed E-state index contributed by atoms with van der Waals surface area (Å²) >= 11 is 0. The molecule has 0 bridgehead atoms. The highest BCUT2D eigenvalue weighted by Gasteiger charge is 2.34. The van der Waals surface area contributed by atoms with Gasteiger partial charge < -0.3 is 9.32 Å². The minimum absolute atomic E-state index is 0.206. The highest BCUT2D eigenvalue weighted by Crippen LogP contribution is 2.35. The van der Waals surface area contributed by atoms with Gasteiger partial charge in [0.2, 0.25) is 10.0 Å². The lowest BCUT2D eigenvalue weighted by Crippen LogP contribution is -2.26. The first-order valence-corrected chi connectivity index (χ1v) is 11.9. The molecule has 1 aromatic heterocycles. The van der Waals surface area contributed by atoms with Gasteiger partial charge in [-0.2, -0.15) is 5.10 Å². The van der Waals surface area contributed by atoms with E-state index in [1.807, 2.05) is 49.3 Å². The monoisotopic (exact) mass is 452 g/mol. The van der Waals surface area contributed by atoms with Crippen molar-refractivity contribution >= 4 is 33.0 Å². The van der Waals surface area contributed by atoms with Gasteiger partial charge in [0.05, 0.1) is 24.3 Å². The van der Waals surface area contributed by atoms with Gasteiger partial charge in [0.15, 0.2) is 5.76 Å². The Kier molecular flexibility index (Phi) is 5.75. The number of benzene rings is 2. The Morgan fingerprint density at radius 2 is 1.88 bits per heavy atom. The molecule has 2 heterocycles. The van der Waals surface area contributed by atoms with E-state index in [0.29, 0.717) is 17.8 Å². The molecule has 1 atom stereocenters. The van der Waals surface area contributed by atoms with Crippen LogP contribution in [0.25, 0.3) is 0 Å². The van der Waals surface area contributed by atoms with Crippen molar-refractivity contribution in [1.82, 2.24) is 5.01 Å². The topological polar surface area (TPSA) is 95.2 Å². The van der Waals surface area contributed by atoms with Crippen molar-refractivity contribution < 1.29 is 17.6 Å². The van der Waals surface area contributed by atoms with Crippen LogP contribution in [-0.4, -0.2) is 45.4 Å². The third kappa shape index (κ3) is 4.67. The molecule has 0 spiro atoms. The van der Waals surface area contributed by atoms with E-state index in [1.54, 1.807) is 30.3 Å². The summed E-state index contributed by atoms with van der Waals surface area (Å²) in [6, 6.07) is 17.9. The number of carbonyl (C=O) groups excluding carboxylic acids is 1. The lowest BCUT2D eigenvalue weighted by molar-refractivity contribution is 0.0678. The molecule has 1 N–H and O–H groups in total. The fourth-order valence-electron chi connectivity index (χ4n) is 3.62. The molecule has 0 aliphatic carbocycles. The summed E-state index contributed by atoms with van der Waals surface area (Å²) in [4.78, 5) is 15.1. The number of furan rings is 1. The number of nitrogens with zero attached hydrogens (tertiary/aromatic N) is 3. The molecule has 32 heavy (non-hydrogen) atoms. The summed E-state index contributed by atoms with van der Waals surface area (Å²) in [6.45, 7) is 0. The lowest BCUT2D eigenvalue weighted by atomic mass is 9.98. The van der Waals surface area contributed by atoms with Crippen molar-refractivity contribution in [2.45, 2.75) is 12.5 Å². The van der Waals surface area contributed by atoms with Crippen LogP contribution in [0.2, 0.25) is 0 Å². The first-order chi connectivity index (χ1) is 15.2. The van der Waals surface area contributed by atoms with E-state index in [2.05, 4.69) is 9.82 Å². The largest absolute Gasteiger partial charge is 0.459 e. The molecule has 9 heteroatoms. The van der Waals surface area contributed by atoms with Gasteiger partial charge in [-0.1, -0.05) is 24.3 Å². The first-order valence-electron chi connectivity index (χ1n) is 10.0. The maximum atomic E-state index is 13.1. The second-order valence-electron chi connectivity index (χ2n) is 7.83. The molecule has 1 aliphatic rings. The number of anilines is 2. The van der Waals surface area contributed by atoms with Gasteiger partial charge in [-0.15, -0.1) is 0 Å². The third-order valence-corrected chi connectivity index (χ3v) is 5.75. The molecule has 0 unspecified atom stereocenters. The quantitative estimate of drug-likeness (QED) is 0.615. The summed E-state index contributed by atoms with van der Waals surface area (Å²) in [7, 11) is 0.530. The van der Waals surface area contributed by atoms with Crippen LogP contribution in [0, 0.1) is 0 Å². The minimum Gasteiger partial charge on any atom is -0.459 e. The number of hydrogen-bond donors (Lipinski definition) is 1. The van der Waals surface area contributed by atoms with E-state index in [9.17, 15) is 13.2 Å². The lowest BCUT2D eigenvalue weighted by Gasteiger charge is -2.22. The molecular formula is C23H24N4O4S. The number of hydrazone groups is 1. The van der Waals surface area contributed by atoms with Crippen LogP contribution >= 0.6 is 0 Å². The molecule has 0 saturated heterocycles. The molecule has 0 radical (unpaired) electrons. The Hall–Kier alpha value is -3.59. The van der Waals surface area contributed by atoms with Crippen molar-refractivity contribution in [3.8, 4) is 0 Å². The number of sulfonamides is 1. The average Bonchev–Trinajstić information content (AvgIpc) is 3.43. The molecule has 166 valence electrons. The maximum Gasteiger partial charge on any atom is 0.310 e. The van der Waals surface area contributed by atoms with E-state index < -0.39 is 10.0 Å². The Morgan fingerprint density at radius 1 is 1.12 bits per heavy atom. The standard InChI is InChI=1S/C23H24N4O4S/c1-26(2)19-11-9-16(10-12-19)21-15-20(24-27(21)23(28)22-8-5-13-31-22)17-6-4-7-18(14-17)25-32(3,29)30/h4-14,21,25H,15H2,1-3H3/t21-/m1/s1. The number of hydrogen-bond acceptors (Lipinski definition) is 6. The summed E-state index contributed by atoms with van der Waals surface area (Å²) in [6.07, 6.45) is 3.04. The van der Waals surface area contributed by atoms with Crippen LogP contribution in [0.1, 0.15) is 34.1 Å². The summed E-state index contributed by atoms with van der Waals surface area (Å²) in [5, 5.41) is 6.06. The van der Waals surface area contributed by atoms with Crippen molar-refractivity contribution in [3.05, 3.63) is 83.8 Å². The summed E-state index contributed by atoms with van der Waals surface area (Å²) < 4.78 is 31.0. The van der Waals surface area contributed by atoms with Crippen molar-refractivity contribution in [2.75, 3.05) is 30.0 Å². The van der Waals surface area contributed by atoms with E-state index in [-0.39, 0.29) is 17.7 Å². The van der Waals surface area contributed by atoms with Crippen LogP contribution in [0.15, 0.2) is 76.4 Å². The summed E-state index contributed by atoms with van der Waals surface area (Å²) in [5.74, 6) is -0.130. The van der Waals surface area contributed by atoms with Gasteiger partial charge in [-0.25, -0.2) is 13.4 Å². The third-order valence-electron chi connectivity index (χ3n) is 5.14. The number of carbonyl (C=O) groups is 1. The summed E-state index contributed by atoms with van der Waals surface area (Å²) in [5.41, 5.74) is 3.86. The zero-order valence-electron chi connectivity index (χ0n) is 18.0. The van der Waals surface area contributed by atoms with Crippen LogP contribution in [0.3, 0.4) is 0 Å². The number of rotatable bonds is 6. The highest BCUT2D eigenvalue weighted by molar-refractivity contribution is 7.92. The molecule has 2 aromatic carbocycles. The zero-order chi connectivity index (χ0) is 22.9. The molecule has 8 nitrogen and oxygen atoms in total. The fraction of sp³-hybridized carbons (Fsp3) is 0.217. The van der Waals surface area contributed by atoms with Gasteiger partial charge in [0.25, 0.3) is 0 Å².